The molecule has 0 rings (SSSR count). The van der Waals surface area contributed by atoms with Gasteiger partial charge in [-0.1, -0.05) is 131 Å². The third-order valence-electron chi connectivity index (χ3n) is 6.71. The predicted molar refractivity (Wildman–Crippen MR) is 153 cm³/mol. The summed E-state index contributed by atoms with van der Waals surface area (Å²) >= 11 is 0. The maximum Gasteiger partial charge on any atom is 0.334 e. The molecule has 0 atom stereocenters. The molecule has 0 aliphatic carbocycles. The minimum absolute atomic E-state index is 0.271. The normalized spacial score (nSPS) is 12.1. The fraction of sp³-hybridized carbons (Fsp3) is 0.875. The maximum absolute atomic E-state index is 13.2. The molecule has 0 aromatic rings. The first kappa shape index (κ1) is 34.7. The molecule has 4 nitrogen and oxygen atoms in total. The summed E-state index contributed by atoms with van der Waals surface area (Å²) in [6, 6.07) is 0. The summed E-state index contributed by atoms with van der Waals surface area (Å²) < 4.78 is 11.4. The molecule has 4 heteroatoms. The molecule has 0 aromatic carbocycles. The molecule has 0 aromatic heterocycles. The van der Waals surface area contributed by atoms with Crippen molar-refractivity contribution in [1.29, 1.82) is 0 Å². The molecular formula is C32H60O4. The maximum atomic E-state index is 13.2. The Hall–Kier alpha value is -1.32. The van der Waals surface area contributed by atoms with Gasteiger partial charge in [-0.3, -0.25) is 0 Å². The molecule has 0 saturated heterocycles. The summed E-state index contributed by atoms with van der Waals surface area (Å²) in [6.45, 7) is 11.7. The van der Waals surface area contributed by atoms with Crippen LogP contribution < -0.4 is 0 Å². The van der Waals surface area contributed by atoms with Crippen LogP contribution in [0.25, 0.3) is 0 Å². The quantitative estimate of drug-likeness (QED) is 0.0699. The van der Waals surface area contributed by atoms with Gasteiger partial charge in [0, 0.05) is 11.1 Å². The second-order valence-electron chi connectivity index (χ2n) is 10.9. The lowest BCUT2D eigenvalue weighted by molar-refractivity contribution is -0.142. The molecule has 0 aliphatic rings. The molecule has 0 bridgehead atoms. The summed E-state index contributed by atoms with van der Waals surface area (Å²) in [6.07, 6.45) is 21.9. The van der Waals surface area contributed by atoms with Crippen LogP contribution in [0, 0.1) is 5.92 Å². The van der Waals surface area contributed by atoms with Gasteiger partial charge in [0.25, 0.3) is 0 Å². The molecule has 0 N–H and O–H groups in total. The van der Waals surface area contributed by atoms with E-state index in [2.05, 4.69) is 34.6 Å². The van der Waals surface area contributed by atoms with Gasteiger partial charge in [0.15, 0.2) is 0 Å². The molecule has 212 valence electrons. The number of rotatable bonds is 25. The Morgan fingerprint density at radius 3 is 1.28 bits per heavy atom. The van der Waals surface area contributed by atoms with E-state index in [9.17, 15) is 9.59 Å². The topological polar surface area (TPSA) is 52.6 Å². The van der Waals surface area contributed by atoms with E-state index < -0.39 is 0 Å². The molecule has 0 amide bonds. The summed E-state index contributed by atoms with van der Waals surface area (Å²) in [5.74, 6) is -0.341. The first-order valence-electron chi connectivity index (χ1n) is 15.5. The van der Waals surface area contributed by atoms with Crippen molar-refractivity contribution in [2.75, 3.05) is 13.2 Å². The van der Waals surface area contributed by atoms with Crippen LogP contribution in [0.15, 0.2) is 11.1 Å². The van der Waals surface area contributed by atoms with E-state index in [-0.39, 0.29) is 17.9 Å². The molecule has 0 spiro atoms. The Morgan fingerprint density at radius 1 is 0.500 bits per heavy atom. The lowest BCUT2D eigenvalue weighted by Gasteiger charge is -2.16. The van der Waals surface area contributed by atoms with Crippen LogP contribution in [0.3, 0.4) is 0 Å². The number of hydrogen-bond acceptors (Lipinski definition) is 4. The van der Waals surface area contributed by atoms with Crippen molar-refractivity contribution < 1.29 is 19.1 Å². The van der Waals surface area contributed by atoms with E-state index in [1.165, 1.54) is 77.0 Å². The summed E-state index contributed by atoms with van der Waals surface area (Å²) in [4.78, 5) is 26.3. The Balaban J connectivity index is 5.10. The number of hydrogen-bond donors (Lipinski definition) is 0. The van der Waals surface area contributed by atoms with Gasteiger partial charge in [0.05, 0.1) is 13.2 Å². The Labute approximate surface area is 224 Å². The number of carbonyl (C=O) groups excluding carboxylic acids is 2. The second kappa shape index (κ2) is 25.3. The third-order valence-corrected chi connectivity index (χ3v) is 6.71. The SMILES string of the molecule is CCCCCCCCOC(=O)/C(CCCCCCCC)=C(/CC(C)C)C(=O)OCCCCCCCC. The first-order valence-corrected chi connectivity index (χ1v) is 15.5. The third kappa shape index (κ3) is 19.8. The number of carbonyl (C=O) groups is 2. The van der Waals surface area contributed by atoms with Gasteiger partial charge in [-0.25, -0.2) is 9.59 Å². The minimum Gasteiger partial charge on any atom is -0.462 e. The molecule has 0 heterocycles. The fourth-order valence-corrected chi connectivity index (χ4v) is 4.46. The highest BCUT2D eigenvalue weighted by atomic mass is 16.5. The van der Waals surface area contributed by atoms with E-state index in [0.717, 1.165) is 38.5 Å². The van der Waals surface area contributed by atoms with Crippen molar-refractivity contribution >= 4 is 11.9 Å². The predicted octanol–water partition coefficient (Wildman–Crippen LogP) is 9.89. The van der Waals surface area contributed by atoms with Crippen LogP contribution in [0.2, 0.25) is 0 Å². The molecule has 0 radical (unpaired) electrons. The molecule has 36 heavy (non-hydrogen) atoms. The lowest BCUT2D eigenvalue weighted by Crippen LogP contribution is -2.19. The van der Waals surface area contributed by atoms with Gasteiger partial charge in [-0.15, -0.1) is 0 Å². The van der Waals surface area contributed by atoms with Crippen LogP contribution in [-0.2, 0) is 19.1 Å². The van der Waals surface area contributed by atoms with Crippen LogP contribution in [0.5, 0.6) is 0 Å². The summed E-state index contributed by atoms with van der Waals surface area (Å²) in [7, 11) is 0. The zero-order chi connectivity index (χ0) is 26.9. The van der Waals surface area contributed by atoms with Crippen molar-refractivity contribution in [3.8, 4) is 0 Å². The van der Waals surface area contributed by atoms with Crippen LogP contribution in [0.4, 0.5) is 0 Å². The van der Waals surface area contributed by atoms with Crippen molar-refractivity contribution in [2.24, 2.45) is 5.92 Å². The molecule has 0 unspecified atom stereocenters. The monoisotopic (exact) mass is 508 g/mol. The zero-order valence-corrected chi connectivity index (χ0v) is 24.8. The zero-order valence-electron chi connectivity index (χ0n) is 24.8. The Bertz CT molecular complexity index is 565. The average Bonchev–Trinajstić information content (AvgIpc) is 2.85. The van der Waals surface area contributed by atoms with E-state index >= 15 is 0 Å². The Morgan fingerprint density at radius 2 is 0.861 bits per heavy atom. The Kier molecular flexibility index (Phi) is 24.4. The van der Waals surface area contributed by atoms with E-state index in [1.807, 2.05) is 0 Å². The van der Waals surface area contributed by atoms with E-state index in [0.29, 0.717) is 37.2 Å². The smallest absolute Gasteiger partial charge is 0.334 e. The van der Waals surface area contributed by atoms with Crippen molar-refractivity contribution in [2.45, 2.75) is 163 Å². The number of ether oxygens (including phenoxy) is 2. The highest BCUT2D eigenvalue weighted by Gasteiger charge is 2.24. The molecule has 0 saturated carbocycles. The van der Waals surface area contributed by atoms with Gasteiger partial charge >= 0.3 is 11.9 Å². The number of esters is 2. The lowest BCUT2D eigenvalue weighted by atomic mass is 9.94. The van der Waals surface area contributed by atoms with E-state index in [4.69, 9.17) is 9.47 Å². The van der Waals surface area contributed by atoms with Gasteiger partial charge < -0.3 is 9.47 Å². The van der Waals surface area contributed by atoms with Gasteiger partial charge in [-0.2, -0.15) is 0 Å². The highest BCUT2D eigenvalue weighted by Crippen LogP contribution is 2.24. The van der Waals surface area contributed by atoms with Gasteiger partial charge in [0.1, 0.15) is 0 Å². The average molecular weight is 509 g/mol. The van der Waals surface area contributed by atoms with E-state index in [1.54, 1.807) is 0 Å². The van der Waals surface area contributed by atoms with Gasteiger partial charge in [-0.05, 0) is 38.0 Å². The van der Waals surface area contributed by atoms with Gasteiger partial charge in [0.2, 0.25) is 0 Å². The van der Waals surface area contributed by atoms with Crippen molar-refractivity contribution in [3.63, 3.8) is 0 Å². The standard InChI is InChI=1S/C32H60O4/c1-6-9-12-15-18-21-24-29(31(33)35-25-22-19-16-13-10-7-2)30(27-28(4)5)32(34)36-26-23-20-17-14-11-8-3/h28H,6-27H2,1-5H3/b30-29-. The highest BCUT2D eigenvalue weighted by molar-refractivity contribution is 6.00. The van der Waals surface area contributed by atoms with Crippen molar-refractivity contribution in [1.82, 2.24) is 0 Å². The van der Waals surface area contributed by atoms with Crippen LogP contribution >= 0.6 is 0 Å². The van der Waals surface area contributed by atoms with Crippen molar-refractivity contribution in [3.05, 3.63) is 11.1 Å². The summed E-state index contributed by atoms with van der Waals surface area (Å²) in [5.41, 5.74) is 1.12. The summed E-state index contributed by atoms with van der Waals surface area (Å²) in [5, 5.41) is 0. The first-order chi connectivity index (χ1) is 17.5. The largest absolute Gasteiger partial charge is 0.462 e. The second-order valence-corrected chi connectivity index (χ2v) is 10.9. The fourth-order valence-electron chi connectivity index (χ4n) is 4.46. The molecule has 0 aliphatic heterocycles. The van der Waals surface area contributed by atoms with Crippen LogP contribution in [0.1, 0.15) is 163 Å². The molecule has 0 fully saturated rings. The van der Waals surface area contributed by atoms with Crippen LogP contribution in [-0.4, -0.2) is 25.2 Å². The number of unbranched alkanes of at least 4 members (excludes halogenated alkanes) is 15. The molecular weight excluding hydrogens is 448 g/mol. The minimum atomic E-state index is -0.310.